The van der Waals surface area contributed by atoms with Crippen LogP contribution in [0.3, 0.4) is 0 Å². The molecule has 0 saturated carbocycles. The van der Waals surface area contributed by atoms with Crippen LogP contribution in [-0.2, 0) is 6.42 Å². The summed E-state index contributed by atoms with van der Waals surface area (Å²) in [6.45, 7) is 2.23. The summed E-state index contributed by atoms with van der Waals surface area (Å²) in [5.41, 5.74) is 0.996. The van der Waals surface area contributed by atoms with E-state index in [1.165, 1.54) is 25.7 Å². The second-order valence-electron chi connectivity index (χ2n) is 4.76. The standard InChI is InChI=1S/C14H17N5S/c1-2-3-4-5-6-12-18-19-13(16-17-14(19)20-12)11-7-9-15-10-8-11/h7-10H,2-6H2,1H3. The lowest BCUT2D eigenvalue weighted by molar-refractivity contribution is 0.661. The fraction of sp³-hybridized carbons (Fsp3) is 0.429. The van der Waals surface area contributed by atoms with Crippen LogP contribution in [0.25, 0.3) is 16.3 Å². The summed E-state index contributed by atoms with van der Waals surface area (Å²) in [5, 5.41) is 14.2. The Morgan fingerprint density at radius 1 is 1.10 bits per heavy atom. The van der Waals surface area contributed by atoms with E-state index in [9.17, 15) is 0 Å². The monoisotopic (exact) mass is 287 g/mol. The molecular weight excluding hydrogens is 270 g/mol. The largest absolute Gasteiger partial charge is 0.265 e. The molecule has 3 heterocycles. The Bertz CT molecular complexity index is 673. The van der Waals surface area contributed by atoms with Crippen molar-refractivity contribution in [2.75, 3.05) is 0 Å². The van der Waals surface area contributed by atoms with Gasteiger partial charge in [-0.05, 0) is 18.6 Å². The minimum Gasteiger partial charge on any atom is -0.265 e. The predicted octanol–water partition coefficient (Wildman–Crippen LogP) is 3.37. The fourth-order valence-electron chi connectivity index (χ4n) is 2.14. The average Bonchev–Trinajstić information content (AvgIpc) is 3.04. The Hall–Kier alpha value is -1.82. The van der Waals surface area contributed by atoms with E-state index in [0.717, 1.165) is 27.8 Å². The van der Waals surface area contributed by atoms with E-state index in [1.54, 1.807) is 23.7 Å². The number of fused-ring (bicyclic) bond motifs is 1. The summed E-state index contributed by atoms with van der Waals surface area (Å²) in [6, 6.07) is 3.85. The van der Waals surface area contributed by atoms with Crippen LogP contribution in [0.1, 0.15) is 37.6 Å². The van der Waals surface area contributed by atoms with E-state index in [-0.39, 0.29) is 0 Å². The van der Waals surface area contributed by atoms with Crippen LogP contribution in [0.5, 0.6) is 0 Å². The molecule has 0 N–H and O–H groups in total. The van der Waals surface area contributed by atoms with Crippen molar-refractivity contribution in [2.45, 2.75) is 39.0 Å². The molecule has 0 unspecified atom stereocenters. The third kappa shape index (κ3) is 2.70. The van der Waals surface area contributed by atoms with Crippen molar-refractivity contribution in [1.29, 1.82) is 0 Å². The van der Waals surface area contributed by atoms with Crippen LogP contribution < -0.4 is 0 Å². The minimum atomic E-state index is 0.790. The van der Waals surface area contributed by atoms with Crippen molar-refractivity contribution in [3.63, 3.8) is 0 Å². The van der Waals surface area contributed by atoms with Crippen LogP contribution >= 0.6 is 11.3 Å². The summed E-state index contributed by atoms with van der Waals surface area (Å²) in [5.74, 6) is 0.790. The molecule has 104 valence electrons. The number of unbranched alkanes of at least 4 members (excludes halogenated alkanes) is 3. The van der Waals surface area contributed by atoms with Crippen molar-refractivity contribution in [3.8, 4) is 11.4 Å². The Balaban J connectivity index is 1.80. The molecule has 0 aromatic carbocycles. The lowest BCUT2D eigenvalue weighted by Gasteiger charge is -1.96. The molecular formula is C14H17N5S. The van der Waals surface area contributed by atoms with Crippen LogP contribution in [0.15, 0.2) is 24.5 Å². The van der Waals surface area contributed by atoms with Gasteiger partial charge in [0.25, 0.3) is 0 Å². The van der Waals surface area contributed by atoms with E-state index in [0.29, 0.717) is 0 Å². The van der Waals surface area contributed by atoms with Gasteiger partial charge in [0.15, 0.2) is 5.82 Å². The molecule has 3 rings (SSSR count). The summed E-state index contributed by atoms with van der Waals surface area (Å²) in [4.78, 5) is 4.89. The number of hydrogen-bond acceptors (Lipinski definition) is 5. The second-order valence-corrected chi connectivity index (χ2v) is 5.80. The van der Waals surface area contributed by atoms with Crippen LogP contribution in [0.2, 0.25) is 0 Å². The number of aryl methyl sites for hydroxylation is 1. The number of nitrogens with zero attached hydrogens (tertiary/aromatic N) is 5. The van der Waals surface area contributed by atoms with Gasteiger partial charge >= 0.3 is 0 Å². The number of pyridine rings is 1. The van der Waals surface area contributed by atoms with Crippen molar-refractivity contribution < 1.29 is 0 Å². The van der Waals surface area contributed by atoms with Gasteiger partial charge in [-0.3, -0.25) is 4.98 Å². The van der Waals surface area contributed by atoms with Gasteiger partial charge in [0.2, 0.25) is 4.96 Å². The zero-order chi connectivity index (χ0) is 13.8. The molecule has 0 radical (unpaired) electrons. The maximum Gasteiger partial charge on any atom is 0.234 e. The molecule has 0 aliphatic rings. The van der Waals surface area contributed by atoms with Crippen LogP contribution in [0, 0.1) is 0 Å². The van der Waals surface area contributed by atoms with Gasteiger partial charge < -0.3 is 0 Å². The first-order valence-corrected chi connectivity index (χ1v) is 7.81. The first kappa shape index (κ1) is 13.2. The predicted molar refractivity (Wildman–Crippen MR) is 79.7 cm³/mol. The maximum atomic E-state index is 4.64. The molecule has 3 aromatic rings. The summed E-state index contributed by atoms with van der Waals surface area (Å²) in [6.07, 6.45) is 9.58. The van der Waals surface area contributed by atoms with Gasteiger partial charge in [-0.15, -0.1) is 10.2 Å². The third-order valence-corrected chi connectivity index (χ3v) is 4.17. The molecule has 0 aliphatic carbocycles. The second kappa shape index (κ2) is 6.09. The van der Waals surface area contributed by atoms with E-state index in [4.69, 9.17) is 0 Å². The topological polar surface area (TPSA) is 56.0 Å². The van der Waals surface area contributed by atoms with Gasteiger partial charge in [-0.2, -0.15) is 9.61 Å². The zero-order valence-corrected chi connectivity index (χ0v) is 12.3. The van der Waals surface area contributed by atoms with Crippen LogP contribution in [0.4, 0.5) is 0 Å². The van der Waals surface area contributed by atoms with E-state index in [1.807, 2.05) is 16.6 Å². The van der Waals surface area contributed by atoms with Crippen LogP contribution in [-0.4, -0.2) is 24.8 Å². The highest BCUT2D eigenvalue weighted by atomic mass is 32.1. The Morgan fingerprint density at radius 2 is 1.95 bits per heavy atom. The first-order valence-electron chi connectivity index (χ1n) is 7.00. The average molecular weight is 287 g/mol. The lowest BCUT2D eigenvalue weighted by Crippen LogP contribution is -1.93. The maximum absolute atomic E-state index is 4.64. The van der Waals surface area contributed by atoms with E-state index in [2.05, 4.69) is 27.2 Å². The fourth-order valence-corrected chi connectivity index (χ4v) is 3.02. The number of rotatable bonds is 6. The molecule has 0 aliphatic heterocycles. The van der Waals surface area contributed by atoms with Crippen molar-refractivity contribution in [3.05, 3.63) is 29.5 Å². The molecule has 0 atom stereocenters. The third-order valence-electron chi connectivity index (χ3n) is 3.22. The van der Waals surface area contributed by atoms with Gasteiger partial charge in [-0.1, -0.05) is 37.5 Å². The summed E-state index contributed by atoms with van der Waals surface area (Å²) in [7, 11) is 0. The van der Waals surface area contributed by atoms with E-state index >= 15 is 0 Å². The molecule has 5 nitrogen and oxygen atoms in total. The van der Waals surface area contributed by atoms with Crippen molar-refractivity contribution in [2.24, 2.45) is 0 Å². The highest BCUT2D eigenvalue weighted by Gasteiger charge is 2.12. The molecule has 0 amide bonds. The molecule has 0 fully saturated rings. The highest BCUT2D eigenvalue weighted by molar-refractivity contribution is 7.16. The molecule has 0 saturated heterocycles. The Kier molecular flexibility index (Phi) is 4.01. The van der Waals surface area contributed by atoms with Crippen molar-refractivity contribution in [1.82, 2.24) is 24.8 Å². The quantitative estimate of drug-likeness (QED) is 0.652. The normalized spacial score (nSPS) is 11.2. The van der Waals surface area contributed by atoms with Gasteiger partial charge in [-0.25, -0.2) is 0 Å². The number of hydrogen-bond donors (Lipinski definition) is 0. The molecule has 6 heteroatoms. The lowest BCUT2D eigenvalue weighted by atomic mass is 10.2. The molecule has 3 aromatic heterocycles. The SMILES string of the molecule is CCCCCCc1nn2c(-c3ccncc3)nnc2s1. The smallest absolute Gasteiger partial charge is 0.234 e. The molecule has 20 heavy (non-hydrogen) atoms. The van der Waals surface area contributed by atoms with Gasteiger partial charge in [0, 0.05) is 24.4 Å². The first-order chi connectivity index (χ1) is 9.88. The molecule has 0 bridgehead atoms. The van der Waals surface area contributed by atoms with E-state index < -0.39 is 0 Å². The Morgan fingerprint density at radius 3 is 2.75 bits per heavy atom. The molecule has 0 spiro atoms. The highest BCUT2D eigenvalue weighted by Crippen LogP contribution is 2.22. The van der Waals surface area contributed by atoms with Gasteiger partial charge in [0.05, 0.1) is 0 Å². The summed E-state index contributed by atoms with van der Waals surface area (Å²) >= 11 is 1.63. The Labute approximate surface area is 121 Å². The van der Waals surface area contributed by atoms with Gasteiger partial charge in [0.1, 0.15) is 5.01 Å². The van der Waals surface area contributed by atoms with Crippen molar-refractivity contribution >= 4 is 16.3 Å². The minimum absolute atomic E-state index is 0.790. The zero-order valence-electron chi connectivity index (χ0n) is 11.5. The summed E-state index contributed by atoms with van der Waals surface area (Å²) < 4.78 is 1.84. The number of aromatic nitrogens is 5.